The van der Waals surface area contributed by atoms with E-state index in [1.165, 1.54) is 12.1 Å². The molecule has 128 valence electrons. The minimum atomic E-state index is -3.63. The van der Waals surface area contributed by atoms with Gasteiger partial charge < -0.3 is 0 Å². The third kappa shape index (κ3) is 6.04. The van der Waals surface area contributed by atoms with Crippen molar-refractivity contribution in [2.45, 2.75) is 17.9 Å². The van der Waals surface area contributed by atoms with Gasteiger partial charge in [-0.1, -0.05) is 46.3 Å². The monoisotopic (exact) mass is 412 g/mol. The molecule has 0 saturated carbocycles. The molecule has 0 bridgehead atoms. The van der Waals surface area contributed by atoms with Gasteiger partial charge in [-0.3, -0.25) is 9.63 Å². The van der Waals surface area contributed by atoms with Crippen molar-refractivity contribution in [2.24, 2.45) is 0 Å². The minimum Gasteiger partial charge on any atom is -0.273 e. The van der Waals surface area contributed by atoms with E-state index < -0.39 is 15.9 Å². The van der Waals surface area contributed by atoms with Crippen LogP contribution in [-0.2, 0) is 26.3 Å². The van der Waals surface area contributed by atoms with E-state index in [9.17, 15) is 13.2 Å². The number of carbonyl (C=O) groups is 1. The first-order valence-corrected chi connectivity index (χ1v) is 9.45. The summed E-state index contributed by atoms with van der Waals surface area (Å²) >= 11 is 3.24. The molecule has 0 aromatic heterocycles. The second-order valence-corrected chi connectivity index (χ2v) is 7.58. The fraction of sp³-hybridized carbons (Fsp3) is 0.188. The molecule has 0 saturated heterocycles. The van der Waals surface area contributed by atoms with Gasteiger partial charge in [0.15, 0.2) is 0 Å². The summed E-state index contributed by atoms with van der Waals surface area (Å²) in [6.07, 6.45) is -0.0233. The second-order valence-electron chi connectivity index (χ2n) is 4.90. The SMILES string of the molecule is O=C(CCNS(=O)(=O)c1ccc(Br)cc1)NOCc1ccccc1. The molecule has 0 unspecified atom stereocenters. The topological polar surface area (TPSA) is 84.5 Å². The van der Waals surface area contributed by atoms with Gasteiger partial charge in [-0.15, -0.1) is 0 Å². The summed E-state index contributed by atoms with van der Waals surface area (Å²) in [6, 6.07) is 15.6. The third-order valence-electron chi connectivity index (χ3n) is 3.04. The van der Waals surface area contributed by atoms with Crippen LogP contribution in [0, 0.1) is 0 Å². The second kappa shape index (κ2) is 8.93. The Bertz CT molecular complexity index is 764. The Morgan fingerprint density at radius 1 is 1.04 bits per heavy atom. The Balaban J connectivity index is 1.71. The summed E-state index contributed by atoms with van der Waals surface area (Å²) in [4.78, 5) is 16.8. The summed E-state index contributed by atoms with van der Waals surface area (Å²) in [7, 11) is -3.63. The van der Waals surface area contributed by atoms with Gasteiger partial charge in [-0.25, -0.2) is 18.6 Å². The fourth-order valence-electron chi connectivity index (χ4n) is 1.82. The average Bonchev–Trinajstić information content (AvgIpc) is 2.56. The Labute approximate surface area is 149 Å². The summed E-state index contributed by atoms with van der Waals surface area (Å²) in [5.74, 6) is -0.399. The molecule has 2 aromatic rings. The van der Waals surface area contributed by atoms with Gasteiger partial charge in [0.05, 0.1) is 11.5 Å². The van der Waals surface area contributed by atoms with Gasteiger partial charge in [0.1, 0.15) is 0 Å². The molecule has 0 aliphatic heterocycles. The van der Waals surface area contributed by atoms with Crippen molar-refractivity contribution in [1.82, 2.24) is 10.2 Å². The van der Waals surface area contributed by atoms with E-state index in [1.54, 1.807) is 12.1 Å². The lowest BCUT2D eigenvalue weighted by atomic mass is 10.2. The lowest BCUT2D eigenvalue weighted by Gasteiger charge is -2.08. The highest BCUT2D eigenvalue weighted by molar-refractivity contribution is 9.10. The van der Waals surface area contributed by atoms with Gasteiger partial charge in [-0.05, 0) is 29.8 Å². The first-order chi connectivity index (χ1) is 11.5. The molecule has 0 heterocycles. The van der Waals surface area contributed by atoms with E-state index >= 15 is 0 Å². The Kier molecular flexibility index (Phi) is 6.92. The number of benzene rings is 2. The maximum Gasteiger partial charge on any atom is 0.244 e. The number of halogens is 1. The van der Waals surface area contributed by atoms with Crippen LogP contribution in [0.5, 0.6) is 0 Å². The van der Waals surface area contributed by atoms with Crippen LogP contribution in [0.15, 0.2) is 64.0 Å². The standard InChI is InChI=1S/C16H17BrN2O4S/c17-14-6-8-15(9-7-14)24(21,22)18-11-10-16(20)19-23-12-13-4-2-1-3-5-13/h1-9,18H,10-12H2,(H,19,20). The zero-order valence-electron chi connectivity index (χ0n) is 12.7. The van der Waals surface area contributed by atoms with Crippen molar-refractivity contribution in [3.8, 4) is 0 Å². The zero-order chi connectivity index (χ0) is 17.4. The van der Waals surface area contributed by atoms with Crippen LogP contribution in [0.1, 0.15) is 12.0 Å². The van der Waals surface area contributed by atoms with Gasteiger partial charge in [0.2, 0.25) is 15.9 Å². The van der Waals surface area contributed by atoms with Gasteiger partial charge >= 0.3 is 0 Å². The van der Waals surface area contributed by atoms with Crippen molar-refractivity contribution >= 4 is 31.9 Å². The number of rotatable bonds is 8. The molecule has 2 rings (SSSR count). The van der Waals surface area contributed by atoms with Gasteiger partial charge in [-0.2, -0.15) is 0 Å². The molecule has 0 aliphatic rings. The summed E-state index contributed by atoms with van der Waals surface area (Å²) < 4.78 is 27.2. The van der Waals surface area contributed by atoms with E-state index in [1.807, 2.05) is 30.3 Å². The van der Waals surface area contributed by atoms with E-state index in [0.29, 0.717) is 0 Å². The van der Waals surface area contributed by atoms with Crippen LogP contribution in [0.25, 0.3) is 0 Å². The number of carbonyl (C=O) groups excluding carboxylic acids is 1. The molecule has 0 aliphatic carbocycles. The highest BCUT2D eigenvalue weighted by atomic mass is 79.9. The number of hydroxylamine groups is 1. The van der Waals surface area contributed by atoms with Gasteiger partial charge in [0.25, 0.3) is 0 Å². The predicted octanol–water partition coefficient (Wildman–Crippen LogP) is 2.37. The van der Waals surface area contributed by atoms with Crippen molar-refractivity contribution in [1.29, 1.82) is 0 Å². The van der Waals surface area contributed by atoms with Crippen LogP contribution in [0.4, 0.5) is 0 Å². The average molecular weight is 413 g/mol. The van der Waals surface area contributed by atoms with E-state index in [-0.39, 0.29) is 24.5 Å². The molecule has 0 fully saturated rings. The van der Waals surface area contributed by atoms with Crippen molar-refractivity contribution in [3.05, 3.63) is 64.6 Å². The maximum absolute atomic E-state index is 12.0. The Morgan fingerprint density at radius 2 is 1.71 bits per heavy atom. The van der Waals surface area contributed by atoms with E-state index in [2.05, 4.69) is 26.1 Å². The van der Waals surface area contributed by atoms with Crippen molar-refractivity contribution in [3.63, 3.8) is 0 Å². The predicted molar refractivity (Wildman–Crippen MR) is 93.3 cm³/mol. The Morgan fingerprint density at radius 3 is 2.38 bits per heavy atom. The highest BCUT2D eigenvalue weighted by Crippen LogP contribution is 2.14. The molecule has 0 atom stereocenters. The lowest BCUT2D eigenvalue weighted by molar-refractivity contribution is -0.134. The largest absolute Gasteiger partial charge is 0.273 e. The molecule has 1 amide bonds. The molecular weight excluding hydrogens is 396 g/mol. The molecule has 2 aromatic carbocycles. The number of sulfonamides is 1. The fourth-order valence-corrected chi connectivity index (χ4v) is 3.12. The lowest BCUT2D eigenvalue weighted by Crippen LogP contribution is -2.30. The molecule has 2 N–H and O–H groups in total. The number of hydrogen-bond acceptors (Lipinski definition) is 4. The highest BCUT2D eigenvalue weighted by Gasteiger charge is 2.13. The van der Waals surface area contributed by atoms with E-state index in [4.69, 9.17) is 4.84 Å². The maximum atomic E-state index is 12.0. The van der Waals surface area contributed by atoms with Crippen molar-refractivity contribution < 1.29 is 18.0 Å². The normalized spacial score (nSPS) is 11.2. The van der Waals surface area contributed by atoms with Crippen LogP contribution in [0.3, 0.4) is 0 Å². The smallest absolute Gasteiger partial charge is 0.244 e. The van der Waals surface area contributed by atoms with Gasteiger partial charge in [0, 0.05) is 17.4 Å². The van der Waals surface area contributed by atoms with Crippen molar-refractivity contribution in [2.75, 3.05) is 6.54 Å². The summed E-state index contributed by atoms with van der Waals surface area (Å²) in [5.41, 5.74) is 3.21. The third-order valence-corrected chi connectivity index (χ3v) is 5.04. The van der Waals surface area contributed by atoms with Crippen LogP contribution in [-0.4, -0.2) is 20.9 Å². The molecular formula is C16H17BrN2O4S. The quantitative estimate of drug-likeness (QED) is 0.651. The number of nitrogens with one attached hydrogen (secondary N) is 2. The number of amides is 1. The molecule has 8 heteroatoms. The van der Waals surface area contributed by atoms with Crippen LogP contribution < -0.4 is 10.2 Å². The molecule has 6 nitrogen and oxygen atoms in total. The first-order valence-electron chi connectivity index (χ1n) is 7.17. The minimum absolute atomic E-state index is 0.0150. The summed E-state index contributed by atoms with van der Waals surface area (Å²) in [6.45, 7) is 0.232. The van der Waals surface area contributed by atoms with E-state index in [0.717, 1.165) is 10.0 Å². The van der Waals surface area contributed by atoms with Crippen LogP contribution >= 0.6 is 15.9 Å². The molecule has 0 radical (unpaired) electrons. The first kappa shape index (κ1) is 18.6. The Hall–Kier alpha value is -1.74. The summed E-state index contributed by atoms with van der Waals surface area (Å²) in [5, 5.41) is 0. The molecule has 0 spiro atoms. The number of hydrogen-bond donors (Lipinski definition) is 2. The zero-order valence-corrected chi connectivity index (χ0v) is 15.1. The van der Waals surface area contributed by atoms with Crippen LogP contribution in [0.2, 0.25) is 0 Å². The molecule has 24 heavy (non-hydrogen) atoms.